The third-order valence-electron chi connectivity index (χ3n) is 2.99. The van der Waals surface area contributed by atoms with Gasteiger partial charge in [0.2, 0.25) is 0 Å². The van der Waals surface area contributed by atoms with Gasteiger partial charge in [-0.1, -0.05) is 22.0 Å². The van der Waals surface area contributed by atoms with E-state index in [1.165, 1.54) is 0 Å². The van der Waals surface area contributed by atoms with Crippen molar-refractivity contribution in [1.82, 2.24) is 0 Å². The van der Waals surface area contributed by atoms with Crippen molar-refractivity contribution in [2.24, 2.45) is 5.73 Å². The van der Waals surface area contributed by atoms with Gasteiger partial charge in [0.1, 0.15) is 5.75 Å². The Kier molecular flexibility index (Phi) is 5.63. The van der Waals surface area contributed by atoms with E-state index in [1.54, 1.807) is 7.11 Å². The van der Waals surface area contributed by atoms with Gasteiger partial charge in [0.15, 0.2) is 0 Å². The Balaban J connectivity index is 2.57. The van der Waals surface area contributed by atoms with Crippen molar-refractivity contribution in [3.05, 3.63) is 28.2 Å². The first-order chi connectivity index (χ1) is 8.35. The molecule has 2 N–H and O–H groups in total. The summed E-state index contributed by atoms with van der Waals surface area (Å²) >= 11 is 3.51. The Bertz CT molecular complexity index is 391. The van der Waals surface area contributed by atoms with Gasteiger partial charge in [-0.3, -0.25) is 0 Å². The van der Waals surface area contributed by atoms with E-state index in [4.69, 9.17) is 15.2 Å². The van der Waals surface area contributed by atoms with Crippen LogP contribution in [0.1, 0.15) is 38.8 Å². The van der Waals surface area contributed by atoms with Crippen molar-refractivity contribution in [2.75, 3.05) is 13.7 Å². The zero-order valence-electron chi connectivity index (χ0n) is 11.5. The minimum absolute atomic E-state index is 0.0147. The van der Waals surface area contributed by atoms with Crippen molar-refractivity contribution in [3.8, 4) is 5.75 Å². The van der Waals surface area contributed by atoms with Crippen LogP contribution >= 0.6 is 15.9 Å². The van der Waals surface area contributed by atoms with E-state index in [0.29, 0.717) is 6.61 Å². The van der Waals surface area contributed by atoms with E-state index >= 15 is 0 Å². The molecule has 0 amide bonds. The Labute approximate surface area is 118 Å². The molecular formula is C14H22BrNO2. The number of rotatable bonds is 6. The molecule has 3 nitrogen and oxygen atoms in total. The average molecular weight is 316 g/mol. The van der Waals surface area contributed by atoms with Crippen molar-refractivity contribution < 1.29 is 9.47 Å². The van der Waals surface area contributed by atoms with E-state index in [0.717, 1.165) is 22.2 Å². The molecule has 0 saturated carbocycles. The van der Waals surface area contributed by atoms with E-state index in [9.17, 15) is 0 Å². The molecule has 1 aromatic carbocycles. The van der Waals surface area contributed by atoms with E-state index in [2.05, 4.69) is 15.9 Å². The second-order valence-corrected chi connectivity index (χ2v) is 5.89. The van der Waals surface area contributed by atoms with Gasteiger partial charge in [-0.2, -0.15) is 0 Å². The summed E-state index contributed by atoms with van der Waals surface area (Å²) in [6.45, 7) is 6.68. The quantitative estimate of drug-likeness (QED) is 0.871. The lowest BCUT2D eigenvalue weighted by atomic mass is 10.1. The average Bonchev–Trinajstić information content (AvgIpc) is 2.28. The van der Waals surface area contributed by atoms with Crippen molar-refractivity contribution in [2.45, 2.75) is 38.8 Å². The lowest BCUT2D eigenvalue weighted by Gasteiger charge is -2.22. The summed E-state index contributed by atoms with van der Waals surface area (Å²) in [5.41, 5.74) is 6.79. The molecule has 0 fully saturated rings. The predicted molar refractivity (Wildman–Crippen MR) is 77.9 cm³/mol. The van der Waals surface area contributed by atoms with Gasteiger partial charge >= 0.3 is 0 Å². The summed E-state index contributed by atoms with van der Waals surface area (Å²) in [6.07, 6.45) is 0.843. The van der Waals surface area contributed by atoms with Crippen LogP contribution in [0.25, 0.3) is 0 Å². The molecule has 1 atom stereocenters. The number of benzene rings is 1. The fourth-order valence-electron chi connectivity index (χ4n) is 1.48. The molecule has 0 unspecified atom stereocenters. The molecule has 0 saturated heterocycles. The molecule has 102 valence electrons. The summed E-state index contributed by atoms with van der Waals surface area (Å²) < 4.78 is 12.0. The first-order valence-corrected chi connectivity index (χ1v) is 6.88. The normalized spacial score (nSPS) is 13.4. The zero-order valence-corrected chi connectivity index (χ0v) is 13.1. The van der Waals surface area contributed by atoms with Gasteiger partial charge < -0.3 is 15.2 Å². The van der Waals surface area contributed by atoms with Crippen LogP contribution in [0.3, 0.4) is 0 Å². The predicted octanol–water partition coefficient (Wildman–Crippen LogP) is 3.66. The van der Waals surface area contributed by atoms with E-state index in [-0.39, 0.29) is 11.6 Å². The van der Waals surface area contributed by atoms with Crippen LogP contribution in [-0.2, 0) is 4.74 Å². The number of hydrogen-bond donors (Lipinski definition) is 1. The Morgan fingerprint density at radius 1 is 1.39 bits per heavy atom. The summed E-state index contributed by atoms with van der Waals surface area (Å²) in [5.74, 6) is 0.846. The fraction of sp³-hybridized carbons (Fsp3) is 0.571. The molecular weight excluding hydrogens is 294 g/mol. The highest BCUT2D eigenvalue weighted by Crippen LogP contribution is 2.27. The summed E-state index contributed by atoms with van der Waals surface area (Å²) in [7, 11) is 1.72. The molecule has 0 aromatic heterocycles. The second kappa shape index (κ2) is 6.55. The van der Waals surface area contributed by atoms with Crippen molar-refractivity contribution in [1.29, 1.82) is 0 Å². The van der Waals surface area contributed by atoms with Crippen LogP contribution in [0, 0.1) is 0 Å². The molecule has 0 radical (unpaired) electrons. The highest BCUT2D eigenvalue weighted by Gasteiger charge is 2.16. The standard InChI is InChI=1S/C14H22BrNO2/c1-10(16)12-6-5-11(9-13(12)15)18-8-7-14(2,3)17-4/h5-6,9-10H,7-8,16H2,1-4H3/t10-/m0/s1. The van der Waals surface area contributed by atoms with Gasteiger partial charge in [-0.15, -0.1) is 0 Å². The lowest BCUT2D eigenvalue weighted by Crippen LogP contribution is -2.25. The molecule has 0 aliphatic rings. The van der Waals surface area contributed by atoms with Gasteiger partial charge in [0.25, 0.3) is 0 Å². The molecule has 0 aliphatic carbocycles. The highest BCUT2D eigenvalue weighted by molar-refractivity contribution is 9.10. The van der Waals surface area contributed by atoms with Crippen molar-refractivity contribution in [3.63, 3.8) is 0 Å². The number of methoxy groups -OCH3 is 1. The van der Waals surface area contributed by atoms with Crippen LogP contribution in [0.4, 0.5) is 0 Å². The van der Waals surface area contributed by atoms with Crippen LogP contribution in [-0.4, -0.2) is 19.3 Å². The number of hydrogen-bond acceptors (Lipinski definition) is 3. The molecule has 0 aliphatic heterocycles. The molecule has 1 aromatic rings. The first-order valence-electron chi connectivity index (χ1n) is 6.09. The molecule has 0 heterocycles. The second-order valence-electron chi connectivity index (χ2n) is 5.03. The molecule has 4 heteroatoms. The maximum atomic E-state index is 5.85. The van der Waals surface area contributed by atoms with Crippen LogP contribution < -0.4 is 10.5 Å². The van der Waals surface area contributed by atoms with Gasteiger partial charge in [-0.05, 0) is 38.5 Å². The Morgan fingerprint density at radius 3 is 2.56 bits per heavy atom. The summed E-state index contributed by atoms with van der Waals surface area (Å²) in [5, 5.41) is 0. The van der Waals surface area contributed by atoms with Gasteiger partial charge in [-0.25, -0.2) is 0 Å². The topological polar surface area (TPSA) is 44.5 Å². The van der Waals surface area contributed by atoms with E-state index in [1.807, 2.05) is 39.0 Å². The van der Waals surface area contributed by atoms with Gasteiger partial charge in [0, 0.05) is 24.0 Å². The van der Waals surface area contributed by atoms with Crippen LogP contribution in [0.2, 0.25) is 0 Å². The van der Waals surface area contributed by atoms with E-state index < -0.39 is 0 Å². The Morgan fingerprint density at radius 2 is 2.06 bits per heavy atom. The summed E-state index contributed by atoms with van der Waals surface area (Å²) in [4.78, 5) is 0. The minimum Gasteiger partial charge on any atom is -0.493 e. The smallest absolute Gasteiger partial charge is 0.120 e. The third kappa shape index (κ3) is 4.59. The molecule has 0 bridgehead atoms. The minimum atomic E-state index is -0.150. The zero-order chi connectivity index (χ0) is 13.8. The van der Waals surface area contributed by atoms with Crippen LogP contribution in [0.15, 0.2) is 22.7 Å². The number of ether oxygens (including phenoxy) is 2. The fourth-order valence-corrected chi connectivity index (χ4v) is 2.20. The highest BCUT2D eigenvalue weighted by atomic mass is 79.9. The van der Waals surface area contributed by atoms with Crippen molar-refractivity contribution >= 4 is 15.9 Å². The summed E-state index contributed by atoms with van der Waals surface area (Å²) in [6, 6.07) is 5.91. The number of nitrogens with two attached hydrogens (primary N) is 1. The van der Waals surface area contributed by atoms with Crippen LogP contribution in [0.5, 0.6) is 5.75 Å². The monoisotopic (exact) mass is 315 g/mol. The number of halogens is 1. The maximum Gasteiger partial charge on any atom is 0.120 e. The maximum absolute atomic E-state index is 5.85. The largest absolute Gasteiger partial charge is 0.493 e. The molecule has 1 rings (SSSR count). The lowest BCUT2D eigenvalue weighted by molar-refractivity contribution is 0.00545. The third-order valence-corrected chi connectivity index (χ3v) is 3.67. The first kappa shape index (κ1) is 15.5. The Hall–Kier alpha value is -0.580. The van der Waals surface area contributed by atoms with Gasteiger partial charge in [0.05, 0.1) is 12.2 Å². The SMILES string of the molecule is COC(C)(C)CCOc1ccc([C@H](C)N)c(Br)c1. The molecule has 18 heavy (non-hydrogen) atoms. The molecule has 0 spiro atoms.